The maximum Gasteiger partial charge on any atom is 0.181 e. The Bertz CT molecular complexity index is 517. The van der Waals surface area contributed by atoms with Crippen molar-refractivity contribution in [3.05, 3.63) is 41.9 Å². The SMILES string of the molecule is CC(C)NCc1ncoc1-c1cc(F)cc(F)c1. The summed E-state index contributed by atoms with van der Waals surface area (Å²) in [4.78, 5) is 4.05. The van der Waals surface area contributed by atoms with Crippen LogP contribution in [-0.4, -0.2) is 11.0 Å². The van der Waals surface area contributed by atoms with E-state index in [1.807, 2.05) is 13.8 Å². The molecule has 2 aromatic rings. The van der Waals surface area contributed by atoms with Gasteiger partial charge in [0.1, 0.15) is 17.3 Å². The number of halogens is 2. The molecule has 0 amide bonds. The van der Waals surface area contributed by atoms with Crippen LogP contribution in [0.4, 0.5) is 8.78 Å². The number of nitrogens with zero attached hydrogens (tertiary/aromatic N) is 1. The van der Waals surface area contributed by atoms with Crippen molar-refractivity contribution in [3.63, 3.8) is 0 Å². The molecule has 1 aromatic carbocycles. The van der Waals surface area contributed by atoms with Crippen molar-refractivity contribution >= 4 is 0 Å². The quantitative estimate of drug-likeness (QED) is 0.908. The average molecular weight is 252 g/mol. The van der Waals surface area contributed by atoms with E-state index in [0.717, 1.165) is 6.07 Å². The summed E-state index contributed by atoms with van der Waals surface area (Å²) < 4.78 is 31.5. The lowest BCUT2D eigenvalue weighted by molar-refractivity contribution is 0.556. The molecule has 0 spiro atoms. The van der Waals surface area contributed by atoms with E-state index in [1.54, 1.807) is 0 Å². The van der Waals surface area contributed by atoms with E-state index in [0.29, 0.717) is 29.6 Å². The Morgan fingerprint density at radius 3 is 2.50 bits per heavy atom. The molecule has 0 aliphatic heterocycles. The van der Waals surface area contributed by atoms with Crippen LogP contribution < -0.4 is 5.32 Å². The Hall–Kier alpha value is -1.75. The highest BCUT2D eigenvalue weighted by Crippen LogP contribution is 2.24. The second-order valence-electron chi connectivity index (χ2n) is 4.32. The van der Waals surface area contributed by atoms with Crippen molar-refractivity contribution in [3.8, 4) is 11.3 Å². The third-order valence-corrected chi connectivity index (χ3v) is 2.44. The minimum Gasteiger partial charge on any atom is -0.443 e. The van der Waals surface area contributed by atoms with Crippen LogP contribution in [0.25, 0.3) is 11.3 Å². The summed E-state index contributed by atoms with van der Waals surface area (Å²) >= 11 is 0. The molecular weight excluding hydrogens is 238 g/mol. The number of nitrogens with one attached hydrogen (secondary N) is 1. The van der Waals surface area contributed by atoms with Crippen molar-refractivity contribution in [2.75, 3.05) is 0 Å². The third kappa shape index (κ3) is 2.92. The summed E-state index contributed by atoms with van der Waals surface area (Å²) in [5.74, 6) is -0.880. The lowest BCUT2D eigenvalue weighted by atomic mass is 10.1. The second-order valence-corrected chi connectivity index (χ2v) is 4.32. The van der Waals surface area contributed by atoms with Gasteiger partial charge in [0.2, 0.25) is 0 Å². The van der Waals surface area contributed by atoms with E-state index in [1.165, 1.54) is 18.5 Å². The van der Waals surface area contributed by atoms with Crippen LogP contribution in [0.5, 0.6) is 0 Å². The van der Waals surface area contributed by atoms with Crippen LogP contribution in [0.1, 0.15) is 19.5 Å². The first kappa shape index (κ1) is 12.7. The number of oxazole rings is 1. The van der Waals surface area contributed by atoms with Gasteiger partial charge >= 0.3 is 0 Å². The summed E-state index contributed by atoms with van der Waals surface area (Å²) in [7, 11) is 0. The van der Waals surface area contributed by atoms with E-state index in [2.05, 4.69) is 10.3 Å². The van der Waals surface area contributed by atoms with Gasteiger partial charge in [-0.05, 0) is 12.1 Å². The number of hydrogen-bond acceptors (Lipinski definition) is 3. The molecule has 0 atom stereocenters. The van der Waals surface area contributed by atoms with E-state index >= 15 is 0 Å². The molecule has 0 saturated heterocycles. The molecule has 3 nitrogen and oxygen atoms in total. The third-order valence-electron chi connectivity index (χ3n) is 2.44. The highest BCUT2D eigenvalue weighted by molar-refractivity contribution is 5.59. The standard InChI is InChI=1S/C13H14F2N2O/c1-8(2)16-6-12-13(18-7-17-12)9-3-10(14)5-11(15)4-9/h3-5,7-8,16H,6H2,1-2H3. The Labute approximate surface area is 104 Å². The first-order valence-corrected chi connectivity index (χ1v) is 5.68. The monoisotopic (exact) mass is 252 g/mol. The van der Waals surface area contributed by atoms with Gasteiger partial charge in [-0.1, -0.05) is 13.8 Å². The molecule has 96 valence electrons. The second kappa shape index (κ2) is 5.27. The molecule has 1 aromatic heterocycles. The van der Waals surface area contributed by atoms with Crippen LogP contribution in [0.2, 0.25) is 0 Å². The zero-order chi connectivity index (χ0) is 13.1. The fourth-order valence-corrected chi connectivity index (χ4v) is 1.62. The number of hydrogen-bond donors (Lipinski definition) is 1. The van der Waals surface area contributed by atoms with E-state index in [-0.39, 0.29) is 0 Å². The molecule has 0 aliphatic carbocycles. The van der Waals surface area contributed by atoms with Crippen molar-refractivity contribution in [2.45, 2.75) is 26.4 Å². The van der Waals surface area contributed by atoms with Crippen LogP contribution in [0.15, 0.2) is 29.0 Å². The molecule has 0 saturated carbocycles. The summed E-state index contributed by atoms with van der Waals surface area (Å²) in [6, 6.07) is 3.57. The van der Waals surface area contributed by atoms with Gasteiger partial charge < -0.3 is 9.73 Å². The first-order chi connectivity index (χ1) is 8.56. The van der Waals surface area contributed by atoms with Gasteiger partial charge in [0.25, 0.3) is 0 Å². The van der Waals surface area contributed by atoms with Gasteiger partial charge in [-0.15, -0.1) is 0 Å². The smallest absolute Gasteiger partial charge is 0.181 e. The molecule has 0 bridgehead atoms. The predicted molar refractivity (Wildman–Crippen MR) is 63.8 cm³/mol. The van der Waals surface area contributed by atoms with E-state index in [9.17, 15) is 8.78 Å². The number of benzene rings is 1. The van der Waals surface area contributed by atoms with Gasteiger partial charge in [-0.2, -0.15) is 0 Å². The summed E-state index contributed by atoms with van der Waals surface area (Å²) in [5, 5.41) is 3.18. The van der Waals surface area contributed by atoms with Crippen molar-refractivity contribution in [2.24, 2.45) is 0 Å². The first-order valence-electron chi connectivity index (χ1n) is 5.68. The molecular formula is C13H14F2N2O. The van der Waals surface area contributed by atoms with Gasteiger partial charge in [-0.25, -0.2) is 13.8 Å². The summed E-state index contributed by atoms with van der Waals surface area (Å²) in [6.45, 7) is 4.49. The van der Waals surface area contributed by atoms with Gasteiger partial charge in [-0.3, -0.25) is 0 Å². The molecule has 0 unspecified atom stereocenters. The highest BCUT2D eigenvalue weighted by atomic mass is 19.1. The molecule has 1 N–H and O–H groups in total. The Morgan fingerprint density at radius 2 is 1.89 bits per heavy atom. The molecule has 1 heterocycles. The Balaban J connectivity index is 2.30. The minimum absolute atomic E-state index is 0.291. The minimum atomic E-state index is -0.635. The van der Waals surface area contributed by atoms with Crippen LogP contribution in [0.3, 0.4) is 0 Å². The molecule has 0 radical (unpaired) electrons. The van der Waals surface area contributed by atoms with Crippen LogP contribution >= 0.6 is 0 Å². The lowest BCUT2D eigenvalue weighted by Gasteiger charge is -2.07. The molecule has 2 rings (SSSR count). The van der Waals surface area contributed by atoms with Crippen molar-refractivity contribution in [1.29, 1.82) is 0 Å². The molecule has 0 aliphatic rings. The maximum absolute atomic E-state index is 13.1. The fourth-order valence-electron chi connectivity index (χ4n) is 1.62. The number of rotatable bonds is 4. The lowest BCUT2D eigenvalue weighted by Crippen LogP contribution is -2.22. The van der Waals surface area contributed by atoms with Crippen LogP contribution in [-0.2, 0) is 6.54 Å². The topological polar surface area (TPSA) is 38.1 Å². The van der Waals surface area contributed by atoms with Crippen molar-refractivity contribution in [1.82, 2.24) is 10.3 Å². The average Bonchev–Trinajstić information content (AvgIpc) is 2.72. The van der Waals surface area contributed by atoms with Gasteiger partial charge in [0.15, 0.2) is 12.2 Å². The number of aromatic nitrogens is 1. The largest absolute Gasteiger partial charge is 0.443 e. The normalized spacial score (nSPS) is 11.2. The molecule has 5 heteroatoms. The zero-order valence-electron chi connectivity index (χ0n) is 10.2. The van der Waals surface area contributed by atoms with E-state index in [4.69, 9.17) is 4.42 Å². The van der Waals surface area contributed by atoms with E-state index < -0.39 is 11.6 Å². The Kier molecular flexibility index (Phi) is 3.72. The van der Waals surface area contributed by atoms with Gasteiger partial charge in [0, 0.05) is 24.2 Å². The van der Waals surface area contributed by atoms with Gasteiger partial charge in [0.05, 0.1) is 0 Å². The molecule has 18 heavy (non-hydrogen) atoms. The highest BCUT2D eigenvalue weighted by Gasteiger charge is 2.13. The zero-order valence-corrected chi connectivity index (χ0v) is 10.2. The Morgan fingerprint density at radius 1 is 1.22 bits per heavy atom. The summed E-state index contributed by atoms with van der Waals surface area (Å²) in [5.41, 5.74) is 0.985. The maximum atomic E-state index is 13.1. The fraction of sp³-hybridized carbons (Fsp3) is 0.308. The van der Waals surface area contributed by atoms with Crippen molar-refractivity contribution < 1.29 is 13.2 Å². The van der Waals surface area contributed by atoms with Crippen LogP contribution in [0, 0.1) is 11.6 Å². The summed E-state index contributed by atoms with van der Waals surface area (Å²) in [6.07, 6.45) is 1.27. The predicted octanol–water partition coefficient (Wildman–Crippen LogP) is 3.12. The molecule has 0 fully saturated rings.